The molecular formula is C21H18Cl2N4O3S. The molecule has 1 fully saturated rings. The van der Waals surface area contributed by atoms with Gasteiger partial charge in [-0.3, -0.25) is 14.9 Å². The van der Waals surface area contributed by atoms with Gasteiger partial charge in [-0.15, -0.1) is 10.2 Å². The number of methoxy groups -OCH3 is 1. The number of aromatic nitrogens is 2. The van der Waals surface area contributed by atoms with E-state index in [-0.39, 0.29) is 11.8 Å². The van der Waals surface area contributed by atoms with E-state index in [0.717, 1.165) is 17.7 Å². The molecular weight excluding hydrogens is 459 g/mol. The lowest BCUT2D eigenvalue weighted by molar-refractivity contribution is -0.119. The second-order valence-electron chi connectivity index (χ2n) is 6.92. The van der Waals surface area contributed by atoms with E-state index in [1.807, 2.05) is 24.3 Å². The van der Waals surface area contributed by atoms with Crippen molar-refractivity contribution in [2.24, 2.45) is 0 Å². The average Bonchev–Trinajstić information content (AvgIpc) is 3.45. The third-order valence-electron chi connectivity index (χ3n) is 4.97. The minimum atomic E-state index is -0.588. The summed E-state index contributed by atoms with van der Waals surface area (Å²) < 4.78 is 5.16. The molecule has 10 heteroatoms. The molecule has 1 N–H and O–H groups in total. The Morgan fingerprint density at radius 1 is 1.13 bits per heavy atom. The molecule has 31 heavy (non-hydrogen) atoms. The topological polar surface area (TPSA) is 84.4 Å². The average molecular weight is 477 g/mol. The monoisotopic (exact) mass is 476 g/mol. The van der Waals surface area contributed by atoms with Crippen molar-refractivity contribution in [1.29, 1.82) is 0 Å². The van der Waals surface area contributed by atoms with Crippen molar-refractivity contribution in [2.45, 2.75) is 18.9 Å². The molecule has 0 radical (unpaired) electrons. The van der Waals surface area contributed by atoms with Crippen LogP contribution >= 0.6 is 34.5 Å². The molecule has 1 aliphatic rings. The molecule has 7 nitrogen and oxygen atoms in total. The number of hydrogen-bond acceptors (Lipinski definition) is 6. The normalized spacial score (nSPS) is 15.7. The van der Waals surface area contributed by atoms with E-state index < -0.39 is 6.04 Å². The maximum absolute atomic E-state index is 12.9. The maximum Gasteiger partial charge on any atom is 0.254 e. The standard InChI is InChI=1S/C21H18Cl2N4O3S/c1-30-14-7-4-12(5-8-14)19-25-26-21(31-19)24-18(28)17-3-2-10-27(17)20(29)13-6-9-15(22)16(23)11-13/h4-9,11,17H,2-3,10H2,1H3,(H,24,26,28). The zero-order chi connectivity index (χ0) is 22.0. The molecule has 2 heterocycles. The van der Waals surface area contributed by atoms with Gasteiger partial charge in [0.15, 0.2) is 0 Å². The number of amides is 2. The molecule has 160 valence electrons. The van der Waals surface area contributed by atoms with Crippen LogP contribution in [0.4, 0.5) is 5.13 Å². The molecule has 0 spiro atoms. The Morgan fingerprint density at radius 2 is 1.90 bits per heavy atom. The lowest BCUT2D eigenvalue weighted by Crippen LogP contribution is -2.43. The zero-order valence-electron chi connectivity index (χ0n) is 16.5. The summed E-state index contributed by atoms with van der Waals surface area (Å²) >= 11 is 13.2. The van der Waals surface area contributed by atoms with Crippen molar-refractivity contribution in [3.63, 3.8) is 0 Å². The molecule has 1 saturated heterocycles. The molecule has 4 rings (SSSR count). The fourth-order valence-electron chi connectivity index (χ4n) is 3.39. The van der Waals surface area contributed by atoms with Crippen LogP contribution in [0.5, 0.6) is 5.75 Å². The molecule has 1 atom stereocenters. The molecule has 1 aliphatic heterocycles. The molecule has 2 aromatic carbocycles. The van der Waals surface area contributed by atoms with Crippen LogP contribution in [-0.4, -0.2) is 46.6 Å². The largest absolute Gasteiger partial charge is 0.497 e. The Hall–Kier alpha value is -2.68. The number of nitrogens with zero attached hydrogens (tertiary/aromatic N) is 3. The summed E-state index contributed by atoms with van der Waals surface area (Å²) in [5.41, 5.74) is 1.27. The van der Waals surface area contributed by atoms with E-state index in [4.69, 9.17) is 27.9 Å². The lowest BCUT2D eigenvalue weighted by atomic mass is 10.1. The van der Waals surface area contributed by atoms with E-state index in [2.05, 4.69) is 15.5 Å². The van der Waals surface area contributed by atoms with Crippen LogP contribution in [-0.2, 0) is 4.79 Å². The number of benzene rings is 2. The Morgan fingerprint density at radius 3 is 2.61 bits per heavy atom. The van der Waals surface area contributed by atoms with Gasteiger partial charge in [-0.2, -0.15) is 0 Å². The highest BCUT2D eigenvalue weighted by atomic mass is 35.5. The van der Waals surface area contributed by atoms with E-state index >= 15 is 0 Å². The van der Waals surface area contributed by atoms with Crippen molar-refractivity contribution in [2.75, 3.05) is 19.0 Å². The number of halogens is 2. The molecule has 0 bridgehead atoms. The van der Waals surface area contributed by atoms with Crippen molar-refractivity contribution < 1.29 is 14.3 Å². The van der Waals surface area contributed by atoms with Gasteiger partial charge in [0.2, 0.25) is 11.0 Å². The lowest BCUT2D eigenvalue weighted by Gasteiger charge is -2.23. The number of carbonyl (C=O) groups is 2. The summed E-state index contributed by atoms with van der Waals surface area (Å²) in [5, 5.41) is 12.7. The van der Waals surface area contributed by atoms with Crippen molar-refractivity contribution in [3.05, 3.63) is 58.1 Å². The first-order valence-electron chi connectivity index (χ1n) is 9.51. The predicted molar refractivity (Wildman–Crippen MR) is 121 cm³/mol. The Balaban J connectivity index is 1.45. The third kappa shape index (κ3) is 4.66. The van der Waals surface area contributed by atoms with Gasteiger partial charge in [-0.1, -0.05) is 34.5 Å². The number of likely N-dealkylation sites (tertiary alicyclic amines) is 1. The molecule has 1 unspecified atom stereocenters. The zero-order valence-corrected chi connectivity index (χ0v) is 18.8. The number of carbonyl (C=O) groups excluding carboxylic acids is 2. The van der Waals surface area contributed by atoms with Crippen LogP contribution in [0.2, 0.25) is 10.0 Å². The maximum atomic E-state index is 12.9. The second kappa shape index (κ2) is 9.21. The smallest absolute Gasteiger partial charge is 0.254 e. The van der Waals surface area contributed by atoms with Gasteiger partial charge >= 0.3 is 0 Å². The second-order valence-corrected chi connectivity index (χ2v) is 8.71. The summed E-state index contributed by atoms with van der Waals surface area (Å²) in [6, 6.07) is 11.5. The number of nitrogens with one attached hydrogen (secondary N) is 1. The summed E-state index contributed by atoms with van der Waals surface area (Å²) in [6.07, 6.45) is 1.31. The predicted octanol–water partition coefficient (Wildman–Crippen LogP) is 4.76. The SMILES string of the molecule is COc1ccc(-c2nnc(NC(=O)C3CCCN3C(=O)c3ccc(Cl)c(Cl)c3)s2)cc1. The first-order valence-corrected chi connectivity index (χ1v) is 11.1. The van der Waals surface area contributed by atoms with Crippen molar-refractivity contribution in [3.8, 4) is 16.3 Å². The first-order chi connectivity index (χ1) is 15.0. The summed E-state index contributed by atoms with van der Waals surface area (Å²) in [7, 11) is 1.60. The van der Waals surface area contributed by atoms with Crippen LogP contribution in [0.25, 0.3) is 10.6 Å². The summed E-state index contributed by atoms with van der Waals surface area (Å²) in [4.78, 5) is 27.4. The molecule has 1 aromatic heterocycles. The Kier molecular flexibility index (Phi) is 6.41. The van der Waals surface area contributed by atoms with Gasteiger partial charge in [0.1, 0.15) is 16.8 Å². The molecule has 0 aliphatic carbocycles. The van der Waals surface area contributed by atoms with Crippen LogP contribution in [0.1, 0.15) is 23.2 Å². The van der Waals surface area contributed by atoms with Crippen LogP contribution in [0.15, 0.2) is 42.5 Å². The Labute approximate surface area is 192 Å². The van der Waals surface area contributed by atoms with Gasteiger partial charge in [0.25, 0.3) is 5.91 Å². The van der Waals surface area contributed by atoms with Crippen molar-refractivity contribution >= 4 is 51.5 Å². The molecule has 3 aromatic rings. The number of ether oxygens (including phenoxy) is 1. The van der Waals surface area contributed by atoms with Gasteiger partial charge in [-0.25, -0.2) is 0 Å². The molecule has 2 amide bonds. The quantitative estimate of drug-likeness (QED) is 0.573. The van der Waals surface area contributed by atoms with Crippen LogP contribution in [0.3, 0.4) is 0 Å². The Bertz CT molecular complexity index is 1120. The van der Waals surface area contributed by atoms with Crippen LogP contribution in [0, 0.1) is 0 Å². The van der Waals surface area contributed by atoms with Gasteiger partial charge in [0.05, 0.1) is 17.2 Å². The molecule has 0 saturated carbocycles. The fraction of sp³-hybridized carbons (Fsp3) is 0.238. The number of hydrogen-bond donors (Lipinski definition) is 1. The van der Waals surface area contributed by atoms with Gasteiger partial charge in [0, 0.05) is 17.7 Å². The third-order valence-corrected chi connectivity index (χ3v) is 6.60. The highest BCUT2D eigenvalue weighted by Crippen LogP contribution is 2.29. The number of anilines is 1. The van der Waals surface area contributed by atoms with Gasteiger partial charge in [-0.05, 0) is 55.3 Å². The van der Waals surface area contributed by atoms with E-state index in [1.54, 1.807) is 24.1 Å². The fourth-order valence-corrected chi connectivity index (χ4v) is 4.44. The van der Waals surface area contributed by atoms with E-state index in [1.165, 1.54) is 17.4 Å². The first kappa shape index (κ1) is 21.5. The summed E-state index contributed by atoms with van der Waals surface area (Å²) in [5.74, 6) is 0.200. The van der Waals surface area contributed by atoms with Gasteiger partial charge < -0.3 is 9.64 Å². The minimum Gasteiger partial charge on any atom is -0.497 e. The van der Waals surface area contributed by atoms with E-state index in [9.17, 15) is 9.59 Å². The highest BCUT2D eigenvalue weighted by molar-refractivity contribution is 7.18. The van der Waals surface area contributed by atoms with Crippen LogP contribution < -0.4 is 10.1 Å². The summed E-state index contributed by atoms with van der Waals surface area (Å²) in [6.45, 7) is 0.490. The minimum absolute atomic E-state index is 0.257. The van der Waals surface area contributed by atoms with Crippen molar-refractivity contribution in [1.82, 2.24) is 15.1 Å². The van der Waals surface area contributed by atoms with E-state index in [0.29, 0.717) is 38.7 Å². The highest BCUT2D eigenvalue weighted by Gasteiger charge is 2.35. The number of rotatable bonds is 5.